The lowest BCUT2D eigenvalue weighted by Gasteiger charge is -2.12. The standard InChI is InChI=1S/C40H36N12S/c1-21-20-43-22(2)30-18-25(47-51(21)30)9-13-33-45-37-29(49(33)5)12-11-27-28(15-17-42-36(27)37)35-24(4)52-31(23(3)44-35)19-26(48-52)10-14-34-46-39-38-32(8-7-16-41-38)53-40(39)50(34)6/h7-8,11-12,15-20H,9-10,13-14H2,1-6H3. The molecule has 53 heavy (non-hydrogen) atoms. The van der Waals surface area contributed by atoms with E-state index in [0.29, 0.717) is 0 Å². The first-order valence-corrected chi connectivity index (χ1v) is 18.6. The van der Waals surface area contributed by atoms with Gasteiger partial charge in [0.15, 0.2) is 0 Å². The second-order valence-corrected chi connectivity index (χ2v) is 15.0. The molecule has 0 saturated carbocycles. The van der Waals surface area contributed by atoms with Crippen LogP contribution in [0.25, 0.3) is 64.8 Å². The fourth-order valence-corrected chi connectivity index (χ4v) is 8.80. The average molecular weight is 717 g/mol. The number of nitrogens with zero attached hydrogens (tertiary/aromatic N) is 12. The van der Waals surface area contributed by atoms with Crippen LogP contribution in [-0.4, -0.2) is 58.3 Å². The van der Waals surface area contributed by atoms with Crippen molar-refractivity contribution in [1.29, 1.82) is 0 Å². The molecule has 10 rings (SSSR count). The molecule has 262 valence electrons. The molecular formula is C40H36N12S. The van der Waals surface area contributed by atoms with Crippen LogP contribution in [0.4, 0.5) is 0 Å². The largest absolute Gasteiger partial charge is 0.331 e. The topological polar surface area (TPSA) is 122 Å². The Bertz CT molecular complexity index is 3060. The molecule has 0 N–H and O–H groups in total. The summed E-state index contributed by atoms with van der Waals surface area (Å²) < 4.78 is 9.56. The minimum absolute atomic E-state index is 0.756. The third kappa shape index (κ3) is 4.87. The summed E-state index contributed by atoms with van der Waals surface area (Å²) in [6, 6.07) is 14.7. The summed E-state index contributed by atoms with van der Waals surface area (Å²) in [5, 5.41) is 11.0. The van der Waals surface area contributed by atoms with Gasteiger partial charge in [-0.15, -0.1) is 11.3 Å². The number of pyridine rings is 2. The monoisotopic (exact) mass is 716 g/mol. The van der Waals surface area contributed by atoms with Gasteiger partial charge in [-0.2, -0.15) is 10.2 Å². The van der Waals surface area contributed by atoms with Gasteiger partial charge < -0.3 is 9.13 Å². The van der Waals surface area contributed by atoms with Crippen LogP contribution >= 0.6 is 11.3 Å². The van der Waals surface area contributed by atoms with Gasteiger partial charge in [-0.1, -0.05) is 0 Å². The van der Waals surface area contributed by atoms with E-state index in [4.69, 9.17) is 30.1 Å². The zero-order chi connectivity index (χ0) is 36.1. The molecule has 13 heteroatoms. The number of aryl methyl sites for hydroxylation is 10. The molecule has 9 heterocycles. The lowest BCUT2D eigenvalue weighted by Crippen LogP contribution is -2.04. The van der Waals surface area contributed by atoms with Crippen LogP contribution in [0.2, 0.25) is 0 Å². The molecule has 0 radical (unpaired) electrons. The zero-order valence-corrected chi connectivity index (χ0v) is 31.2. The molecule has 9 aromatic heterocycles. The average Bonchev–Trinajstić information content (AvgIpc) is 3.99. The van der Waals surface area contributed by atoms with Crippen LogP contribution in [0.1, 0.15) is 45.8 Å². The van der Waals surface area contributed by atoms with Crippen LogP contribution in [0.3, 0.4) is 0 Å². The molecule has 0 atom stereocenters. The molecule has 0 amide bonds. The first-order chi connectivity index (χ1) is 25.7. The molecule has 1 aromatic carbocycles. The molecule has 0 fully saturated rings. The van der Waals surface area contributed by atoms with E-state index in [-0.39, 0.29) is 0 Å². The zero-order valence-electron chi connectivity index (χ0n) is 30.4. The molecule has 12 nitrogen and oxygen atoms in total. The Kier molecular flexibility index (Phi) is 7.00. The van der Waals surface area contributed by atoms with Gasteiger partial charge in [0.25, 0.3) is 0 Å². The number of rotatable bonds is 7. The second kappa shape index (κ2) is 11.7. The predicted molar refractivity (Wildman–Crippen MR) is 209 cm³/mol. The van der Waals surface area contributed by atoms with Crippen molar-refractivity contribution in [2.45, 2.75) is 53.4 Å². The predicted octanol–water partition coefficient (Wildman–Crippen LogP) is 7.17. The Hall–Kier alpha value is -6.08. The number of aromatic nitrogens is 12. The highest BCUT2D eigenvalue weighted by Crippen LogP contribution is 2.35. The molecule has 0 saturated heterocycles. The number of hydrogen-bond donors (Lipinski definition) is 0. The number of imidazole rings is 2. The van der Waals surface area contributed by atoms with Gasteiger partial charge in [-0.3, -0.25) is 15.0 Å². The van der Waals surface area contributed by atoms with Gasteiger partial charge in [0, 0.05) is 56.5 Å². The maximum absolute atomic E-state index is 5.16. The van der Waals surface area contributed by atoms with Crippen LogP contribution in [0.15, 0.2) is 61.1 Å². The third-order valence-electron chi connectivity index (χ3n) is 10.6. The van der Waals surface area contributed by atoms with Crippen molar-refractivity contribution in [2.24, 2.45) is 14.1 Å². The summed E-state index contributed by atoms with van der Waals surface area (Å²) in [7, 11) is 4.17. The fourth-order valence-electron chi connectivity index (χ4n) is 7.72. The molecule has 0 aliphatic rings. The van der Waals surface area contributed by atoms with Crippen LogP contribution in [0, 0.1) is 27.7 Å². The van der Waals surface area contributed by atoms with Crippen molar-refractivity contribution >= 4 is 64.9 Å². The fraction of sp³-hybridized carbons (Fsp3) is 0.250. The molecular weight excluding hydrogens is 681 g/mol. The van der Waals surface area contributed by atoms with Crippen molar-refractivity contribution in [2.75, 3.05) is 0 Å². The van der Waals surface area contributed by atoms with Gasteiger partial charge >= 0.3 is 0 Å². The normalized spacial score (nSPS) is 12.3. The summed E-state index contributed by atoms with van der Waals surface area (Å²) in [5.41, 5.74) is 14.7. The maximum Gasteiger partial charge on any atom is 0.126 e. The first-order valence-electron chi connectivity index (χ1n) is 17.8. The SMILES string of the molecule is Cc1ncc(C)n2nc(CCc3nc4c5nccc(-c6nc(C)c7cc(CCc8nc9c%10ncccc%10sc9n8C)nn7c6C)c5ccc4n3C)cc12. The van der Waals surface area contributed by atoms with E-state index in [1.54, 1.807) is 11.3 Å². The Labute approximate surface area is 307 Å². The smallest absolute Gasteiger partial charge is 0.126 e. The van der Waals surface area contributed by atoms with Crippen LogP contribution in [0.5, 0.6) is 0 Å². The highest BCUT2D eigenvalue weighted by Gasteiger charge is 2.20. The molecule has 0 bridgehead atoms. The summed E-state index contributed by atoms with van der Waals surface area (Å²) >= 11 is 1.74. The van der Waals surface area contributed by atoms with Crippen molar-refractivity contribution in [3.05, 3.63) is 107 Å². The quantitative estimate of drug-likeness (QED) is 0.170. The molecule has 0 aliphatic heterocycles. The lowest BCUT2D eigenvalue weighted by molar-refractivity contribution is 0.761. The van der Waals surface area contributed by atoms with Gasteiger partial charge in [-0.05, 0) is 83.0 Å². The van der Waals surface area contributed by atoms with Crippen LogP contribution in [-0.2, 0) is 39.8 Å². The summed E-state index contributed by atoms with van der Waals surface area (Å²) in [4.78, 5) is 30.4. The second-order valence-electron chi connectivity index (χ2n) is 13.9. The highest BCUT2D eigenvalue weighted by molar-refractivity contribution is 7.25. The van der Waals surface area contributed by atoms with Crippen molar-refractivity contribution in [3.8, 4) is 11.3 Å². The molecule has 0 spiro atoms. The highest BCUT2D eigenvalue weighted by atomic mass is 32.1. The Morgan fingerprint density at radius 1 is 0.623 bits per heavy atom. The number of fused-ring (bicyclic) bond motifs is 8. The van der Waals surface area contributed by atoms with E-state index in [1.165, 1.54) is 0 Å². The van der Waals surface area contributed by atoms with Gasteiger partial charge in [0.2, 0.25) is 0 Å². The van der Waals surface area contributed by atoms with Crippen molar-refractivity contribution in [1.82, 2.24) is 58.3 Å². The molecule has 0 aliphatic carbocycles. The van der Waals surface area contributed by atoms with Crippen molar-refractivity contribution in [3.63, 3.8) is 0 Å². The van der Waals surface area contributed by atoms with E-state index >= 15 is 0 Å². The summed E-state index contributed by atoms with van der Waals surface area (Å²) in [6.07, 6.45) is 8.65. The maximum atomic E-state index is 5.16. The molecule has 0 unspecified atom stereocenters. The first kappa shape index (κ1) is 31.6. The van der Waals surface area contributed by atoms with E-state index in [2.05, 4.69) is 83.4 Å². The van der Waals surface area contributed by atoms with Gasteiger partial charge in [0.1, 0.15) is 33.0 Å². The van der Waals surface area contributed by atoms with Gasteiger partial charge in [0.05, 0.1) is 66.6 Å². The van der Waals surface area contributed by atoms with Crippen molar-refractivity contribution < 1.29 is 0 Å². The third-order valence-corrected chi connectivity index (χ3v) is 11.8. The van der Waals surface area contributed by atoms with E-state index in [9.17, 15) is 0 Å². The Morgan fingerprint density at radius 3 is 2.13 bits per heavy atom. The van der Waals surface area contributed by atoms with E-state index in [0.717, 1.165) is 136 Å². The molecule has 10 aromatic rings. The Balaban J connectivity index is 0.964. The Morgan fingerprint density at radius 2 is 1.34 bits per heavy atom. The minimum atomic E-state index is 0.756. The number of thiophene rings is 1. The minimum Gasteiger partial charge on any atom is -0.331 e. The van der Waals surface area contributed by atoms with E-state index < -0.39 is 0 Å². The van der Waals surface area contributed by atoms with E-state index in [1.807, 2.05) is 47.5 Å². The van der Waals surface area contributed by atoms with Gasteiger partial charge in [-0.25, -0.2) is 24.0 Å². The summed E-state index contributed by atoms with van der Waals surface area (Å²) in [6.45, 7) is 8.21. The number of hydrogen-bond acceptors (Lipinski definition) is 9. The summed E-state index contributed by atoms with van der Waals surface area (Å²) in [5.74, 6) is 2.03. The van der Waals surface area contributed by atoms with Crippen LogP contribution < -0.4 is 0 Å². The number of benzene rings is 1. The lowest BCUT2D eigenvalue weighted by atomic mass is 10.0.